The number of ether oxygens (including phenoxy) is 9. The van der Waals surface area contributed by atoms with E-state index in [0.29, 0.717) is 0 Å². The summed E-state index contributed by atoms with van der Waals surface area (Å²) in [6.07, 6.45) is -16.5. The SMILES string of the molecule is CC=C1C(O[C@@H]2O[C@H](CO)[C@@H](O)[C@H](O)[C@H]2O)OC=C(C(=O)OC)C1CC(=O)O[C@H]1C[C@@H](C(CO)CO)[C@H](COC(=O)CC2C(C(=O)O)=COC(O[C@@H]3O[C@H](CO)[C@@H](O)[C@H](O)[C@H]3O)/C2=C\C)[C@@H]1C. The van der Waals surface area contributed by atoms with Crippen LogP contribution < -0.4 is 0 Å². The predicted octanol–water partition coefficient (Wildman–Crippen LogP) is -3.41. The number of aliphatic carboxylic acids is 1. The molecule has 18 atom stereocenters. The van der Waals surface area contributed by atoms with Crippen LogP contribution in [-0.2, 0) is 61.8 Å². The number of carboxylic acid groups (broad SMARTS) is 1. The lowest BCUT2D eigenvalue weighted by atomic mass is 9.82. The highest BCUT2D eigenvalue weighted by Gasteiger charge is 2.50. The van der Waals surface area contributed by atoms with Crippen LogP contribution in [0.25, 0.3) is 0 Å². The van der Waals surface area contributed by atoms with Crippen molar-refractivity contribution in [2.45, 2.75) is 120 Å². The summed E-state index contributed by atoms with van der Waals surface area (Å²) in [6.45, 7) is 2.00. The van der Waals surface area contributed by atoms with Crippen molar-refractivity contribution in [1.29, 1.82) is 0 Å². The third kappa shape index (κ3) is 11.8. The maximum atomic E-state index is 13.8. The predicted molar refractivity (Wildman–Crippen MR) is 218 cm³/mol. The van der Waals surface area contributed by atoms with E-state index < -0.39 is 179 Å². The van der Waals surface area contributed by atoms with Gasteiger partial charge >= 0.3 is 23.9 Å². The van der Waals surface area contributed by atoms with Crippen LogP contribution in [0.15, 0.2) is 47.0 Å². The number of hydrogen-bond donors (Lipinski definition) is 11. The Kier molecular flexibility index (Phi) is 19.2. The first-order valence-corrected chi connectivity index (χ1v) is 21.7. The molecule has 5 rings (SSSR count). The second-order valence-corrected chi connectivity index (χ2v) is 16.9. The zero-order valence-corrected chi connectivity index (χ0v) is 37.2. The highest BCUT2D eigenvalue weighted by Crippen LogP contribution is 2.45. The Labute approximate surface area is 384 Å². The number of esters is 3. The number of carbonyl (C=O) groups excluding carboxylic acids is 3. The van der Waals surface area contributed by atoms with E-state index in [4.69, 9.17) is 42.6 Å². The number of allylic oxidation sites excluding steroid dienone is 2. The summed E-state index contributed by atoms with van der Waals surface area (Å²) in [5, 5.41) is 112. The molecular formula is C43H62O24. The van der Waals surface area contributed by atoms with Gasteiger partial charge in [-0.3, -0.25) is 9.59 Å². The number of rotatable bonds is 18. The monoisotopic (exact) mass is 962 g/mol. The standard InChI is InChI=1S/C43H62O24/c1-5-19-22(25(38(56)57)15-61-40(19)66-42-36(54)34(52)32(50)28(12-46)64-42)8-30(48)60-14-24-17(3)27(7-21(24)18(10-44)11-45)63-31(49)9-23-20(6-2)41(62-16-26(23)39(58)59-4)67-43-37(55)35(53)33(51)29(13-47)65-43/h5-6,15-18,21-24,27-29,32-37,40-47,50-55H,7-14H2,1-4H3,(H,56,57)/b19-5-,20-6?/t17-,21-,22?,23?,24+,27-,28+,29+,32+,33+,34-,35-,36+,37+,40?,41?,42-,43-/m0/s1. The van der Waals surface area contributed by atoms with Gasteiger partial charge in [0.1, 0.15) is 54.9 Å². The summed E-state index contributed by atoms with van der Waals surface area (Å²) in [5.41, 5.74) is -0.197. The van der Waals surface area contributed by atoms with Crippen LogP contribution in [0, 0.1) is 35.5 Å². The van der Waals surface area contributed by atoms with Gasteiger partial charge < -0.3 is 98.8 Å². The molecule has 2 saturated heterocycles. The van der Waals surface area contributed by atoms with E-state index >= 15 is 0 Å². The maximum Gasteiger partial charge on any atom is 0.337 e. The van der Waals surface area contributed by atoms with Crippen LogP contribution in [-0.4, -0.2) is 200 Å². The van der Waals surface area contributed by atoms with Gasteiger partial charge in [0, 0.05) is 48.0 Å². The van der Waals surface area contributed by atoms with Crippen molar-refractivity contribution < 1.29 is 118 Å². The quantitative estimate of drug-likeness (QED) is 0.0362. The van der Waals surface area contributed by atoms with Gasteiger partial charge in [-0.05, 0) is 32.1 Å². The zero-order chi connectivity index (χ0) is 49.4. The van der Waals surface area contributed by atoms with E-state index in [-0.39, 0.29) is 35.3 Å². The van der Waals surface area contributed by atoms with E-state index in [9.17, 15) is 75.3 Å². The van der Waals surface area contributed by atoms with E-state index in [2.05, 4.69) is 0 Å². The van der Waals surface area contributed by atoms with Gasteiger partial charge in [0.25, 0.3) is 0 Å². The molecule has 0 aromatic rings. The van der Waals surface area contributed by atoms with Crippen molar-refractivity contribution in [3.63, 3.8) is 0 Å². The van der Waals surface area contributed by atoms with Gasteiger partial charge in [0.05, 0.1) is 63.4 Å². The number of carbonyl (C=O) groups is 4. The van der Waals surface area contributed by atoms with Crippen LogP contribution in [0.5, 0.6) is 0 Å². The van der Waals surface area contributed by atoms with Crippen LogP contribution in [0.3, 0.4) is 0 Å². The van der Waals surface area contributed by atoms with E-state index in [1.807, 2.05) is 0 Å². The molecular weight excluding hydrogens is 900 g/mol. The van der Waals surface area contributed by atoms with Crippen molar-refractivity contribution in [3.8, 4) is 0 Å². The lowest BCUT2D eigenvalue weighted by Gasteiger charge is -2.42. The molecule has 3 fully saturated rings. The first kappa shape index (κ1) is 53.8. The van der Waals surface area contributed by atoms with Gasteiger partial charge in [-0.15, -0.1) is 0 Å². The zero-order valence-electron chi connectivity index (χ0n) is 37.2. The number of aliphatic hydroxyl groups is 10. The number of aliphatic hydroxyl groups excluding tert-OH is 10. The summed E-state index contributed by atoms with van der Waals surface area (Å²) in [4.78, 5) is 52.7. The second kappa shape index (κ2) is 23.9. The molecule has 0 radical (unpaired) electrons. The summed E-state index contributed by atoms with van der Waals surface area (Å²) in [5.74, 6) is -8.86. The Morgan fingerprint density at radius 1 is 0.716 bits per heavy atom. The Hall–Kier alpha value is -4.12. The molecule has 0 aromatic heterocycles. The molecule has 1 saturated carbocycles. The van der Waals surface area contributed by atoms with Gasteiger partial charge in [-0.2, -0.15) is 0 Å². The molecule has 0 bridgehead atoms. The van der Waals surface area contributed by atoms with Crippen molar-refractivity contribution in [2.75, 3.05) is 40.1 Å². The summed E-state index contributed by atoms with van der Waals surface area (Å²) in [7, 11) is 1.11. The van der Waals surface area contributed by atoms with Crippen LogP contribution in [0.2, 0.25) is 0 Å². The molecule has 4 unspecified atom stereocenters. The van der Waals surface area contributed by atoms with Gasteiger partial charge in [0.2, 0.25) is 12.6 Å². The van der Waals surface area contributed by atoms with Gasteiger partial charge in [-0.25, -0.2) is 9.59 Å². The molecule has 4 aliphatic heterocycles. The highest BCUT2D eigenvalue weighted by atomic mass is 16.8. The molecule has 67 heavy (non-hydrogen) atoms. The van der Waals surface area contributed by atoms with Crippen molar-refractivity contribution in [2.24, 2.45) is 35.5 Å². The minimum atomic E-state index is -1.82. The van der Waals surface area contributed by atoms with E-state index in [1.165, 1.54) is 19.1 Å². The fourth-order valence-corrected chi connectivity index (χ4v) is 9.16. The van der Waals surface area contributed by atoms with Crippen LogP contribution in [0.1, 0.15) is 40.0 Å². The van der Waals surface area contributed by atoms with Crippen molar-refractivity contribution in [3.05, 3.63) is 47.0 Å². The van der Waals surface area contributed by atoms with E-state index in [1.54, 1.807) is 13.8 Å². The lowest BCUT2D eigenvalue weighted by molar-refractivity contribution is -0.327. The smallest absolute Gasteiger partial charge is 0.337 e. The normalized spacial score (nSPS) is 39.0. The Bertz CT molecular complexity index is 1840. The first-order valence-electron chi connectivity index (χ1n) is 21.7. The summed E-state index contributed by atoms with van der Waals surface area (Å²) < 4.78 is 50.2. The van der Waals surface area contributed by atoms with Crippen LogP contribution in [0.4, 0.5) is 0 Å². The molecule has 0 spiro atoms. The second-order valence-electron chi connectivity index (χ2n) is 16.9. The first-order chi connectivity index (χ1) is 31.9. The third-order valence-electron chi connectivity index (χ3n) is 13.1. The van der Waals surface area contributed by atoms with E-state index in [0.717, 1.165) is 19.6 Å². The van der Waals surface area contributed by atoms with Gasteiger partial charge in [-0.1, -0.05) is 19.1 Å². The minimum Gasteiger partial charge on any atom is -0.478 e. The molecule has 5 aliphatic rings. The van der Waals surface area contributed by atoms with Crippen molar-refractivity contribution in [1.82, 2.24) is 0 Å². The topological polar surface area (TPSA) is 374 Å². The third-order valence-corrected chi connectivity index (χ3v) is 13.1. The molecule has 24 heteroatoms. The Morgan fingerprint density at radius 3 is 1.64 bits per heavy atom. The van der Waals surface area contributed by atoms with Gasteiger partial charge in [0.15, 0.2) is 12.6 Å². The number of hydrogen-bond acceptors (Lipinski definition) is 23. The molecule has 0 aromatic carbocycles. The fourth-order valence-electron chi connectivity index (χ4n) is 9.16. The molecule has 0 amide bonds. The average Bonchev–Trinajstić information content (AvgIpc) is 3.61. The number of carboxylic acids is 1. The minimum absolute atomic E-state index is 0.0936. The maximum absolute atomic E-state index is 13.8. The largest absolute Gasteiger partial charge is 0.478 e. The molecule has 1 aliphatic carbocycles. The van der Waals surface area contributed by atoms with Crippen LogP contribution >= 0.6 is 0 Å². The molecule has 24 nitrogen and oxygen atoms in total. The number of methoxy groups -OCH3 is 1. The molecule has 4 heterocycles. The summed E-state index contributed by atoms with van der Waals surface area (Å²) in [6, 6.07) is 0. The molecule has 11 N–H and O–H groups in total. The Balaban J connectivity index is 1.28. The summed E-state index contributed by atoms with van der Waals surface area (Å²) >= 11 is 0. The fraction of sp³-hybridized carbons (Fsp3) is 0.721. The average molecular weight is 963 g/mol. The highest BCUT2D eigenvalue weighted by molar-refractivity contribution is 5.91. The lowest BCUT2D eigenvalue weighted by Crippen LogP contribution is -2.60. The van der Waals surface area contributed by atoms with Crippen molar-refractivity contribution >= 4 is 23.9 Å². The molecule has 378 valence electrons. The Morgan fingerprint density at radius 2 is 1.19 bits per heavy atom.